The predicted octanol–water partition coefficient (Wildman–Crippen LogP) is 3.67. The molecule has 6 heteroatoms. The van der Waals surface area contributed by atoms with E-state index in [2.05, 4.69) is 32.6 Å². The number of halogens is 1. The van der Waals surface area contributed by atoms with Crippen LogP contribution in [0.25, 0.3) is 0 Å². The Bertz CT molecular complexity index is 520. The van der Waals surface area contributed by atoms with Crippen LogP contribution in [0.3, 0.4) is 0 Å². The van der Waals surface area contributed by atoms with Crippen LogP contribution in [0, 0.1) is 11.3 Å². The molecule has 1 aromatic carbocycles. The minimum atomic E-state index is -0.522. The lowest BCUT2D eigenvalue weighted by molar-refractivity contribution is 0.0527. The molecule has 2 N–H and O–H groups in total. The molecule has 5 nitrogen and oxygen atoms in total. The van der Waals surface area contributed by atoms with Crippen molar-refractivity contribution in [2.24, 2.45) is 0 Å². The monoisotopic (exact) mass is 353 g/mol. The first-order valence-corrected chi connectivity index (χ1v) is 7.48. The summed E-state index contributed by atoms with van der Waals surface area (Å²) in [4.78, 5) is 11.5. The molecule has 1 rings (SSSR count). The van der Waals surface area contributed by atoms with Gasteiger partial charge in [0.15, 0.2) is 0 Å². The highest BCUT2D eigenvalue weighted by Gasteiger charge is 2.16. The van der Waals surface area contributed by atoms with Gasteiger partial charge in [0.1, 0.15) is 11.6 Å². The molecule has 0 saturated carbocycles. The molecule has 0 aromatic heterocycles. The largest absolute Gasteiger partial charge is 0.444 e. The Morgan fingerprint density at radius 1 is 1.43 bits per heavy atom. The Hall–Kier alpha value is -1.74. The van der Waals surface area contributed by atoms with Gasteiger partial charge in [0, 0.05) is 16.7 Å². The summed E-state index contributed by atoms with van der Waals surface area (Å²) in [6.07, 6.45) is 0.0111. The van der Waals surface area contributed by atoms with E-state index < -0.39 is 17.7 Å². The number of nitrogens with one attached hydrogen (secondary N) is 2. The number of nitrogens with zero attached hydrogens (tertiary/aromatic N) is 1. The Balaban J connectivity index is 2.41. The van der Waals surface area contributed by atoms with Crippen LogP contribution in [-0.4, -0.2) is 24.3 Å². The van der Waals surface area contributed by atoms with Crippen molar-refractivity contribution in [3.05, 3.63) is 28.7 Å². The van der Waals surface area contributed by atoms with Crippen molar-refractivity contribution in [3.63, 3.8) is 0 Å². The molecule has 0 spiro atoms. The number of hydrogen-bond donors (Lipinski definition) is 2. The van der Waals surface area contributed by atoms with Crippen LogP contribution in [0.15, 0.2) is 28.7 Å². The summed E-state index contributed by atoms with van der Waals surface area (Å²) in [5.41, 5.74) is 0.326. The van der Waals surface area contributed by atoms with Crippen LogP contribution in [-0.2, 0) is 4.74 Å². The molecule has 0 heterocycles. The molecule has 1 atom stereocenters. The van der Waals surface area contributed by atoms with Crippen LogP contribution in [0.4, 0.5) is 10.5 Å². The van der Waals surface area contributed by atoms with Gasteiger partial charge in [-0.05, 0) is 55.3 Å². The molecule has 1 unspecified atom stereocenters. The van der Waals surface area contributed by atoms with Crippen LogP contribution in [0.1, 0.15) is 27.2 Å². The lowest BCUT2D eigenvalue weighted by Crippen LogP contribution is -2.34. The fourth-order valence-electron chi connectivity index (χ4n) is 1.57. The smallest absolute Gasteiger partial charge is 0.407 e. The van der Waals surface area contributed by atoms with Gasteiger partial charge >= 0.3 is 6.09 Å². The molecular formula is C15H20BrN3O2. The van der Waals surface area contributed by atoms with Gasteiger partial charge < -0.3 is 15.4 Å². The quantitative estimate of drug-likeness (QED) is 0.846. The third kappa shape index (κ3) is 7.00. The first kappa shape index (κ1) is 17.3. The highest BCUT2D eigenvalue weighted by molar-refractivity contribution is 9.10. The number of carbonyl (C=O) groups excluding carboxylic acids is 1. The van der Waals surface area contributed by atoms with Gasteiger partial charge in [0.05, 0.1) is 6.07 Å². The zero-order valence-electron chi connectivity index (χ0n) is 12.4. The van der Waals surface area contributed by atoms with Crippen molar-refractivity contribution in [3.8, 4) is 6.07 Å². The van der Waals surface area contributed by atoms with Crippen molar-refractivity contribution < 1.29 is 9.53 Å². The van der Waals surface area contributed by atoms with E-state index in [1.807, 2.05) is 24.3 Å². The minimum absolute atomic E-state index is 0.366. The van der Waals surface area contributed by atoms with Gasteiger partial charge in [-0.2, -0.15) is 5.26 Å². The van der Waals surface area contributed by atoms with E-state index in [4.69, 9.17) is 10.00 Å². The average molecular weight is 354 g/mol. The summed E-state index contributed by atoms with van der Waals surface area (Å²) in [5.74, 6) is 0. The molecule has 21 heavy (non-hydrogen) atoms. The second-order valence-corrected chi connectivity index (χ2v) is 6.38. The van der Waals surface area contributed by atoms with Crippen molar-refractivity contribution in [1.29, 1.82) is 5.26 Å². The molecule has 1 aromatic rings. The second-order valence-electron chi connectivity index (χ2n) is 5.52. The van der Waals surface area contributed by atoms with Gasteiger partial charge in [-0.1, -0.05) is 12.1 Å². The van der Waals surface area contributed by atoms with E-state index in [1.165, 1.54) is 0 Å². The number of anilines is 1. The summed E-state index contributed by atoms with van der Waals surface area (Å²) >= 11 is 3.42. The number of carbonyl (C=O) groups is 1. The number of benzene rings is 1. The maximum absolute atomic E-state index is 11.5. The molecule has 0 bridgehead atoms. The number of amides is 1. The van der Waals surface area contributed by atoms with Gasteiger partial charge in [0.2, 0.25) is 0 Å². The molecule has 0 fully saturated rings. The first-order valence-electron chi connectivity index (χ1n) is 6.69. The van der Waals surface area contributed by atoms with E-state index in [0.717, 1.165) is 10.2 Å². The molecule has 0 aliphatic carbocycles. The average Bonchev–Trinajstić information content (AvgIpc) is 2.37. The molecule has 0 saturated heterocycles. The van der Waals surface area contributed by atoms with Crippen LogP contribution in [0.5, 0.6) is 0 Å². The molecule has 1 amide bonds. The van der Waals surface area contributed by atoms with Crippen molar-refractivity contribution >= 4 is 27.7 Å². The lowest BCUT2D eigenvalue weighted by atomic mass is 10.2. The molecule has 0 aliphatic heterocycles. The Morgan fingerprint density at radius 3 is 2.67 bits per heavy atom. The summed E-state index contributed by atoms with van der Waals surface area (Å²) in [5, 5.41) is 14.9. The molecule has 114 valence electrons. The highest BCUT2D eigenvalue weighted by Crippen LogP contribution is 2.22. The maximum Gasteiger partial charge on any atom is 0.407 e. The molecule has 0 aliphatic rings. The number of para-hydroxylation sites is 1. The first-order chi connectivity index (χ1) is 9.81. The minimum Gasteiger partial charge on any atom is -0.444 e. The van der Waals surface area contributed by atoms with Gasteiger partial charge in [-0.3, -0.25) is 0 Å². The van der Waals surface area contributed by atoms with Crippen molar-refractivity contribution in [2.75, 3.05) is 11.9 Å². The molecular weight excluding hydrogens is 334 g/mol. The second kappa shape index (κ2) is 7.89. The Kier molecular flexibility index (Phi) is 6.50. The normalized spacial score (nSPS) is 12.1. The standard InChI is InChI=1S/C15H20BrN3O2/c1-15(2,3)21-14(20)18-9-8-11(10-17)19-13-7-5-4-6-12(13)16/h4-7,11,19H,8-9H2,1-3H3,(H,18,20). The third-order valence-electron chi connectivity index (χ3n) is 2.46. The van der Waals surface area contributed by atoms with Crippen LogP contribution >= 0.6 is 15.9 Å². The summed E-state index contributed by atoms with van der Waals surface area (Å²) < 4.78 is 6.02. The highest BCUT2D eigenvalue weighted by atomic mass is 79.9. The number of rotatable bonds is 5. The molecule has 0 radical (unpaired) electrons. The fraction of sp³-hybridized carbons (Fsp3) is 0.467. The SMILES string of the molecule is CC(C)(C)OC(=O)NCCC(C#N)Nc1ccccc1Br. The predicted molar refractivity (Wildman–Crippen MR) is 86.0 cm³/mol. The van der Waals surface area contributed by atoms with Crippen LogP contribution < -0.4 is 10.6 Å². The summed E-state index contributed by atoms with van der Waals surface area (Å²) in [6, 6.07) is 9.36. The van der Waals surface area contributed by atoms with E-state index in [-0.39, 0.29) is 0 Å². The topological polar surface area (TPSA) is 74.1 Å². The van der Waals surface area contributed by atoms with E-state index >= 15 is 0 Å². The van der Waals surface area contributed by atoms with Crippen molar-refractivity contribution in [2.45, 2.75) is 38.8 Å². The zero-order chi connectivity index (χ0) is 15.9. The Labute approximate surface area is 133 Å². The summed E-state index contributed by atoms with van der Waals surface area (Å²) in [6.45, 7) is 5.78. The van der Waals surface area contributed by atoms with E-state index in [9.17, 15) is 4.79 Å². The van der Waals surface area contributed by atoms with E-state index in [1.54, 1.807) is 20.8 Å². The number of nitriles is 1. The van der Waals surface area contributed by atoms with Gasteiger partial charge in [0.25, 0.3) is 0 Å². The number of ether oxygens (including phenoxy) is 1. The maximum atomic E-state index is 11.5. The van der Waals surface area contributed by atoms with E-state index in [0.29, 0.717) is 13.0 Å². The Morgan fingerprint density at radius 2 is 2.10 bits per heavy atom. The summed E-state index contributed by atoms with van der Waals surface area (Å²) in [7, 11) is 0. The third-order valence-corrected chi connectivity index (χ3v) is 3.15. The fourth-order valence-corrected chi connectivity index (χ4v) is 1.97. The zero-order valence-corrected chi connectivity index (χ0v) is 14.0. The number of alkyl carbamates (subject to hydrolysis) is 1. The number of hydrogen-bond acceptors (Lipinski definition) is 4. The van der Waals surface area contributed by atoms with Crippen LogP contribution in [0.2, 0.25) is 0 Å². The lowest BCUT2D eigenvalue weighted by Gasteiger charge is -2.20. The van der Waals surface area contributed by atoms with Gasteiger partial charge in [-0.25, -0.2) is 4.79 Å². The van der Waals surface area contributed by atoms with Crippen molar-refractivity contribution in [1.82, 2.24) is 5.32 Å². The van der Waals surface area contributed by atoms with Gasteiger partial charge in [-0.15, -0.1) is 0 Å².